The third-order valence-corrected chi connectivity index (χ3v) is 2.02. The molecule has 1 unspecified atom stereocenters. The Morgan fingerprint density at radius 2 is 1.92 bits per heavy atom. The first-order valence-electron chi connectivity index (χ1n) is 4.41. The van der Waals surface area contributed by atoms with Crippen LogP contribution in [0.4, 0.5) is 0 Å². The Bertz CT molecular complexity index is 206. The van der Waals surface area contributed by atoms with E-state index < -0.39 is 0 Å². The number of rotatable bonds is 4. The molecule has 1 heteroatoms. The summed E-state index contributed by atoms with van der Waals surface area (Å²) in [4.78, 5) is 0. The molecule has 1 aromatic rings. The van der Waals surface area contributed by atoms with Gasteiger partial charge in [-0.05, 0) is 24.8 Å². The summed E-state index contributed by atoms with van der Waals surface area (Å²) >= 11 is 0. The van der Waals surface area contributed by atoms with Gasteiger partial charge in [0.05, 0.1) is 0 Å². The van der Waals surface area contributed by atoms with Crippen molar-refractivity contribution in [3.63, 3.8) is 0 Å². The van der Waals surface area contributed by atoms with Gasteiger partial charge in [0.1, 0.15) is 0 Å². The van der Waals surface area contributed by atoms with Gasteiger partial charge in [-0.3, -0.25) is 0 Å². The van der Waals surface area contributed by atoms with Crippen LogP contribution in [-0.4, -0.2) is 6.04 Å². The predicted octanol–water partition coefficient (Wildman–Crippen LogP) is 2.17. The fourth-order valence-electron chi connectivity index (χ4n) is 1.14. The Kier molecular flexibility index (Phi) is 3.81. The average molecular weight is 162 g/mol. The Hall–Kier alpha value is -0.820. The lowest BCUT2D eigenvalue weighted by Gasteiger charge is -2.07. The van der Waals surface area contributed by atoms with Gasteiger partial charge in [0.2, 0.25) is 0 Å². The van der Waals surface area contributed by atoms with Crippen molar-refractivity contribution < 1.29 is 0 Å². The van der Waals surface area contributed by atoms with Gasteiger partial charge in [-0.1, -0.05) is 37.3 Å². The molecule has 1 atom stereocenters. The summed E-state index contributed by atoms with van der Waals surface area (Å²) in [5.74, 6) is 0. The summed E-state index contributed by atoms with van der Waals surface area (Å²) in [5.41, 5.74) is 7.12. The third kappa shape index (κ3) is 3.05. The standard InChI is InChI=1S/C11H16N/c1-2-11(12)9-8-10-6-4-3-5-7-10/h3-7,11H,1-2,8-9,12H2. The maximum Gasteiger partial charge on any atom is 0.00419 e. The Balaban J connectivity index is 2.33. The summed E-state index contributed by atoms with van der Waals surface area (Å²) in [6.07, 6.45) is 2.93. The van der Waals surface area contributed by atoms with E-state index in [1.54, 1.807) is 0 Å². The van der Waals surface area contributed by atoms with Gasteiger partial charge in [0, 0.05) is 6.04 Å². The Morgan fingerprint density at radius 3 is 2.50 bits per heavy atom. The monoisotopic (exact) mass is 162 g/mol. The van der Waals surface area contributed by atoms with E-state index in [4.69, 9.17) is 5.73 Å². The number of hydrogen-bond acceptors (Lipinski definition) is 1. The first kappa shape index (κ1) is 9.27. The van der Waals surface area contributed by atoms with E-state index in [1.807, 2.05) is 6.07 Å². The highest BCUT2D eigenvalue weighted by atomic mass is 14.6. The van der Waals surface area contributed by atoms with E-state index >= 15 is 0 Å². The van der Waals surface area contributed by atoms with Gasteiger partial charge in [0.15, 0.2) is 0 Å². The van der Waals surface area contributed by atoms with E-state index in [1.165, 1.54) is 5.56 Å². The molecule has 1 aromatic carbocycles. The number of aryl methyl sites for hydroxylation is 1. The smallest absolute Gasteiger partial charge is 0.00419 e. The van der Waals surface area contributed by atoms with Gasteiger partial charge in [-0.25, -0.2) is 0 Å². The third-order valence-electron chi connectivity index (χ3n) is 2.02. The maximum atomic E-state index is 5.76. The average Bonchev–Trinajstić information content (AvgIpc) is 2.16. The number of nitrogens with two attached hydrogens (primary N) is 1. The summed E-state index contributed by atoms with van der Waals surface area (Å²) in [6, 6.07) is 10.7. The van der Waals surface area contributed by atoms with Gasteiger partial charge in [-0.2, -0.15) is 0 Å². The first-order chi connectivity index (χ1) is 5.83. The van der Waals surface area contributed by atoms with Crippen molar-refractivity contribution >= 4 is 0 Å². The summed E-state index contributed by atoms with van der Waals surface area (Å²) < 4.78 is 0. The Labute approximate surface area is 74.6 Å². The van der Waals surface area contributed by atoms with Crippen LogP contribution in [0, 0.1) is 6.92 Å². The van der Waals surface area contributed by atoms with Crippen LogP contribution < -0.4 is 5.73 Å². The highest BCUT2D eigenvalue weighted by Crippen LogP contribution is 2.04. The quantitative estimate of drug-likeness (QED) is 0.721. The van der Waals surface area contributed by atoms with Crippen LogP contribution in [0.3, 0.4) is 0 Å². The van der Waals surface area contributed by atoms with Crippen molar-refractivity contribution in [2.24, 2.45) is 5.73 Å². The van der Waals surface area contributed by atoms with Crippen molar-refractivity contribution in [3.05, 3.63) is 42.8 Å². The van der Waals surface area contributed by atoms with Gasteiger partial charge >= 0.3 is 0 Å². The molecule has 0 saturated carbocycles. The molecule has 0 spiro atoms. The van der Waals surface area contributed by atoms with E-state index in [0.29, 0.717) is 0 Å². The zero-order valence-corrected chi connectivity index (χ0v) is 7.37. The van der Waals surface area contributed by atoms with Crippen LogP contribution in [0.25, 0.3) is 0 Å². The lowest BCUT2D eigenvalue weighted by atomic mass is 10.0. The lowest BCUT2D eigenvalue weighted by molar-refractivity contribution is 0.619. The molecule has 2 N–H and O–H groups in total. The molecule has 0 heterocycles. The van der Waals surface area contributed by atoms with Crippen LogP contribution in [0.15, 0.2) is 30.3 Å². The molecule has 65 valence electrons. The molecule has 0 aliphatic heterocycles. The fraction of sp³-hybridized carbons (Fsp3) is 0.364. The molecular formula is C11H16N. The van der Waals surface area contributed by atoms with Gasteiger partial charge in [-0.15, -0.1) is 0 Å². The summed E-state index contributed by atoms with van der Waals surface area (Å²) in [5, 5.41) is 0. The highest BCUT2D eigenvalue weighted by molar-refractivity contribution is 5.14. The van der Waals surface area contributed by atoms with Crippen LogP contribution in [0.5, 0.6) is 0 Å². The van der Waals surface area contributed by atoms with Crippen molar-refractivity contribution in [1.82, 2.24) is 0 Å². The lowest BCUT2D eigenvalue weighted by Crippen LogP contribution is -2.19. The number of benzene rings is 1. The molecule has 0 aliphatic carbocycles. The van der Waals surface area contributed by atoms with Crippen molar-refractivity contribution in [1.29, 1.82) is 0 Å². The molecule has 1 rings (SSSR count). The maximum absolute atomic E-state index is 5.76. The molecule has 1 nitrogen and oxygen atoms in total. The minimum Gasteiger partial charge on any atom is -0.328 e. The molecule has 1 radical (unpaired) electrons. The Morgan fingerprint density at radius 1 is 1.25 bits per heavy atom. The van der Waals surface area contributed by atoms with Gasteiger partial charge < -0.3 is 5.73 Å². The summed E-state index contributed by atoms with van der Waals surface area (Å²) in [7, 11) is 0. The topological polar surface area (TPSA) is 26.0 Å². The van der Waals surface area contributed by atoms with E-state index in [0.717, 1.165) is 19.3 Å². The molecule has 0 aliphatic rings. The van der Waals surface area contributed by atoms with Crippen LogP contribution in [-0.2, 0) is 6.42 Å². The minimum absolute atomic E-state index is 0.255. The molecule has 0 bridgehead atoms. The van der Waals surface area contributed by atoms with E-state index in [9.17, 15) is 0 Å². The minimum atomic E-state index is 0.255. The molecule has 12 heavy (non-hydrogen) atoms. The van der Waals surface area contributed by atoms with Crippen molar-refractivity contribution in [3.8, 4) is 0 Å². The molecule has 0 aromatic heterocycles. The highest BCUT2D eigenvalue weighted by Gasteiger charge is 1.98. The zero-order valence-electron chi connectivity index (χ0n) is 7.37. The molecule has 0 amide bonds. The van der Waals surface area contributed by atoms with Crippen molar-refractivity contribution in [2.75, 3.05) is 0 Å². The normalized spacial score (nSPS) is 12.8. The first-order valence-corrected chi connectivity index (χ1v) is 4.41. The van der Waals surface area contributed by atoms with Crippen LogP contribution >= 0.6 is 0 Å². The van der Waals surface area contributed by atoms with Crippen LogP contribution in [0.2, 0.25) is 0 Å². The largest absolute Gasteiger partial charge is 0.328 e. The second kappa shape index (κ2) is 4.94. The molecule has 0 fully saturated rings. The fourth-order valence-corrected chi connectivity index (χ4v) is 1.14. The van der Waals surface area contributed by atoms with Gasteiger partial charge in [0.25, 0.3) is 0 Å². The molecular weight excluding hydrogens is 146 g/mol. The predicted molar refractivity (Wildman–Crippen MR) is 52.7 cm³/mol. The second-order valence-corrected chi connectivity index (χ2v) is 3.07. The SMILES string of the molecule is [CH2]CC(N)CCc1ccccc1. The molecule has 0 saturated heterocycles. The number of hydrogen-bond donors (Lipinski definition) is 1. The zero-order chi connectivity index (χ0) is 8.81. The van der Waals surface area contributed by atoms with Crippen LogP contribution in [0.1, 0.15) is 18.4 Å². The van der Waals surface area contributed by atoms with Crippen molar-refractivity contribution in [2.45, 2.75) is 25.3 Å². The summed E-state index contributed by atoms with van der Waals surface area (Å²) in [6.45, 7) is 3.77. The second-order valence-electron chi connectivity index (χ2n) is 3.07. The van der Waals surface area contributed by atoms with E-state index in [2.05, 4.69) is 31.2 Å². The van der Waals surface area contributed by atoms with E-state index in [-0.39, 0.29) is 6.04 Å².